The number of rotatable bonds is 3. The van der Waals surface area contributed by atoms with E-state index < -0.39 is 0 Å². The van der Waals surface area contributed by atoms with Crippen molar-refractivity contribution in [3.8, 4) is 5.75 Å². The third kappa shape index (κ3) is 2.62. The summed E-state index contributed by atoms with van der Waals surface area (Å²) in [5, 5.41) is 3.64. The maximum absolute atomic E-state index is 13.8. The van der Waals surface area contributed by atoms with E-state index in [9.17, 15) is 4.39 Å². The highest BCUT2D eigenvalue weighted by Gasteiger charge is 2.32. The molecule has 2 atom stereocenters. The molecule has 1 aromatic carbocycles. The smallest absolute Gasteiger partial charge is 0.165 e. The highest BCUT2D eigenvalue weighted by molar-refractivity contribution is 5.32. The zero-order valence-corrected chi connectivity index (χ0v) is 11.5. The van der Waals surface area contributed by atoms with Gasteiger partial charge in [-0.3, -0.25) is 0 Å². The molecule has 2 unspecified atom stereocenters. The predicted octanol–water partition coefficient (Wildman–Crippen LogP) is 3.47. The normalized spacial score (nSPS) is 27.9. The first kappa shape index (κ1) is 12.9. The molecule has 1 aliphatic heterocycles. The van der Waals surface area contributed by atoms with E-state index in [1.54, 1.807) is 12.1 Å². The molecular weight excluding hydrogens is 241 g/mol. The average molecular weight is 263 g/mol. The summed E-state index contributed by atoms with van der Waals surface area (Å²) < 4.78 is 18.7. The van der Waals surface area contributed by atoms with Crippen LogP contribution in [0.5, 0.6) is 5.75 Å². The Morgan fingerprint density at radius 2 is 2.05 bits per heavy atom. The quantitative estimate of drug-likeness (QED) is 0.901. The van der Waals surface area contributed by atoms with Gasteiger partial charge in [-0.1, -0.05) is 18.9 Å². The molecule has 2 aliphatic rings. The molecule has 1 heterocycles. The van der Waals surface area contributed by atoms with Crippen LogP contribution in [-0.2, 0) is 0 Å². The lowest BCUT2D eigenvalue weighted by Gasteiger charge is -2.18. The summed E-state index contributed by atoms with van der Waals surface area (Å²) in [6, 6.07) is 6.03. The van der Waals surface area contributed by atoms with Crippen LogP contribution in [0.3, 0.4) is 0 Å². The predicted molar refractivity (Wildman–Crippen MR) is 74.1 cm³/mol. The number of ether oxygens (including phenoxy) is 1. The minimum absolute atomic E-state index is 0.246. The number of nitrogens with one attached hydrogen (secondary N) is 1. The highest BCUT2D eigenvalue weighted by Crippen LogP contribution is 2.36. The molecule has 0 spiro atoms. The van der Waals surface area contributed by atoms with E-state index in [1.807, 2.05) is 6.07 Å². The number of hydrogen-bond donors (Lipinski definition) is 1. The van der Waals surface area contributed by atoms with Crippen molar-refractivity contribution in [2.45, 2.75) is 44.1 Å². The second-order valence-corrected chi connectivity index (χ2v) is 5.89. The molecule has 1 saturated carbocycles. The lowest BCUT2D eigenvalue weighted by molar-refractivity contribution is 0.385. The van der Waals surface area contributed by atoms with Crippen LogP contribution in [0.4, 0.5) is 4.39 Å². The fraction of sp³-hybridized carbons (Fsp3) is 0.625. The van der Waals surface area contributed by atoms with E-state index in [-0.39, 0.29) is 5.82 Å². The Hall–Kier alpha value is -1.09. The first-order chi connectivity index (χ1) is 9.28. The molecule has 104 valence electrons. The summed E-state index contributed by atoms with van der Waals surface area (Å²) >= 11 is 0. The van der Waals surface area contributed by atoms with E-state index in [0.717, 1.165) is 24.4 Å². The van der Waals surface area contributed by atoms with Crippen molar-refractivity contribution < 1.29 is 9.13 Å². The minimum atomic E-state index is -0.246. The van der Waals surface area contributed by atoms with Gasteiger partial charge >= 0.3 is 0 Å². The molecule has 1 saturated heterocycles. The minimum Gasteiger partial charge on any atom is -0.494 e. The summed E-state index contributed by atoms with van der Waals surface area (Å²) in [5.74, 6) is 1.38. The molecule has 3 heteroatoms. The van der Waals surface area contributed by atoms with Crippen LogP contribution in [0.25, 0.3) is 0 Å². The Labute approximate surface area is 114 Å². The lowest BCUT2D eigenvalue weighted by atomic mass is 9.90. The number of hydrogen-bond acceptors (Lipinski definition) is 2. The SMILES string of the molecule is COc1ccc(C2CNC(C3CCCC3)C2)cc1F. The van der Waals surface area contributed by atoms with E-state index in [0.29, 0.717) is 17.7 Å². The Bertz CT molecular complexity index is 442. The number of benzene rings is 1. The second-order valence-electron chi connectivity index (χ2n) is 5.89. The zero-order valence-electron chi connectivity index (χ0n) is 11.5. The number of methoxy groups -OCH3 is 1. The Morgan fingerprint density at radius 1 is 1.26 bits per heavy atom. The van der Waals surface area contributed by atoms with Crippen molar-refractivity contribution in [2.75, 3.05) is 13.7 Å². The van der Waals surface area contributed by atoms with E-state index in [1.165, 1.54) is 32.8 Å². The maximum Gasteiger partial charge on any atom is 0.165 e. The van der Waals surface area contributed by atoms with Crippen molar-refractivity contribution in [3.05, 3.63) is 29.6 Å². The van der Waals surface area contributed by atoms with Crippen molar-refractivity contribution in [2.24, 2.45) is 5.92 Å². The lowest BCUT2D eigenvalue weighted by Crippen LogP contribution is -2.28. The molecular formula is C16H22FNO. The molecule has 1 aromatic rings. The van der Waals surface area contributed by atoms with Gasteiger partial charge in [0.05, 0.1) is 7.11 Å². The highest BCUT2D eigenvalue weighted by atomic mass is 19.1. The second kappa shape index (κ2) is 5.49. The molecule has 0 bridgehead atoms. The van der Waals surface area contributed by atoms with Gasteiger partial charge in [-0.2, -0.15) is 0 Å². The van der Waals surface area contributed by atoms with Crippen LogP contribution in [0, 0.1) is 11.7 Å². The Morgan fingerprint density at radius 3 is 2.74 bits per heavy atom. The topological polar surface area (TPSA) is 21.3 Å². The van der Waals surface area contributed by atoms with Crippen LogP contribution >= 0.6 is 0 Å². The summed E-state index contributed by atoms with van der Waals surface area (Å²) in [5.41, 5.74) is 1.10. The van der Waals surface area contributed by atoms with Gasteiger partial charge in [-0.25, -0.2) is 4.39 Å². The zero-order chi connectivity index (χ0) is 13.2. The molecule has 0 radical (unpaired) electrons. The van der Waals surface area contributed by atoms with E-state index >= 15 is 0 Å². The van der Waals surface area contributed by atoms with Crippen molar-refractivity contribution >= 4 is 0 Å². The van der Waals surface area contributed by atoms with Gasteiger partial charge in [0.1, 0.15) is 0 Å². The molecule has 3 rings (SSSR count). The van der Waals surface area contributed by atoms with Gasteiger partial charge in [0.2, 0.25) is 0 Å². The third-order valence-electron chi connectivity index (χ3n) is 4.78. The van der Waals surface area contributed by atoms with Gasteiger partial charge < -0.3 is 10.1 Å². The van der Waals surface area contributed by atoms with Crippen LogP contribution in [0.1, 0.15) is 43.6 Å². The Balaban J connectivity index is 1.68. The van der Waals surface area contributed by atoms with E-state index in [2.05, 4.69) is 5.32 Å². The first-order valence-corrected chi connectivity index (χ1v) is 7.34. The van der Waals surface area contributed by atoms with Crippen molar-refractivity contribution in [1.82, 2.24) is 5.32 Å². The third-order valence-corrected chi connectivity index (χ3v) is 4.78. The molecule has 1 N–H and O–H groups in total. The maximum atomic E-state index is 13.8. The Kier molecular flexibility index (Phi) is 3.74. The fourth-order valence-corrected chi connectivity index (χ4v) is 3.68. The number of halogens is 1. The molecule has 19 heavy (non-hydrogen) atoms. The largest absolute Gasteiger partial charge is 0.494 e. The van der Waals surface area contributed by atoms with Gasteiger partial charge in [-0.15, -0.1) is 0 Å². The van der Waals surface area contributed by atoms with Gasteiger partial charge in [-0.05, 0) is 48.8 Å². The van der Waals surface area contributed by atoms with Crippen LogP contribution < -0.4 is 10.1 Å². The molecule has 2 fully saturated rings. The van der Waals surface area contributed by atoms with Crippen LogP contribution in [0.2, 0.25) is 0 Å². The van der Waals surface area contributed by atoms with Gasteiger partial charge in [0.15, 0.2) is 11.6 Å². The molecule has 0 amide bonds. The summed E-state index contributed by atoms with van der Waals surface area (Å²) in [4.78, 5) is 0. The van der Waals surface area contributed by atoms with Crippen LogP contribution in [-0.4, -0.2) is 19.7 Å². The monoisotopic (exact) mass is 263 g/mol. The standard InChI is InChI=1S/C16H22FNO/c1-19-16-7-6-12(8-14(16)17)13-9-15(18-10-13)11-4-2-3-5-11/h6-8,11,13,15,18H,2-5,9-10H2,1H3. The van der Waals surface area contributed by atoms with Gasteiger partial charge in [0, 0.05) is 12.6 Å². The molecule has 1 aliphatic carbocycles. The fourth-order valence-electron chi connectivity index (χ4n) is 3.68. The summed E-state index contributed by atoms with van der Waals surface area (Å²) in [6.45, 7) is 0.979. The molecule has 2 nitrogen and oxygen atoms in total. The van der Waals surface area contributed by atoms with Crippen molar-refractivity contribution in [1.29, 1.82) is 0 Å². The van der Waals surface area contributed by atoms with Crippen molar-refractivity contribution in [3.63, 3.8) is 0 Å². The molecule has 0 aromatic heterocycles. The summed E-state index contributed by atoms with van der Waals surface area (Å²) in [7, 11) is 1.51. The van der Waals surface area contributed by atoms with E-state index in [4.69, 9.17) is 4.74 Å². The van der Waals surface area contributed by atoms with Gasteiger partial charge in [0.25, 0.3) is 0 Å². The summed E-state index contributed by atoms with van der Waals surface area (Å²) in [6.07, 6.45) is 6.63. The average Bonchev–Trinajstić information content (AvgIpc) is 3.09. The van der Waals surface area contributed by atoms with Crippen LogP contribution in [0.15, 0.2) is 18.2 Å². The first-order valence-electron chi connectivity index (χ1n) is 7.34.